The Labute approximate surface area is 120 Å². The van der Waals surface area contributed by atoms with Crippen LogP contribution in [0.3, 0.4) is 0 Å². The molecule has 1 fully saturated rings. The Balaban J connectivity index is 1.59. The van der Waals surface area contributed by atoms with Gasteiger partial charge in [0.05, 0.1) is 5.88 Å². The number of rotatable bonds is 3. The fourth-order valence-corrected chi connectivity index (χ4v) is 4.06. The summed E-state index contributed by atoms with van der Waals surface area (Å²) in [6.07, 6.45) is 1.30. The second-order valence-corrected chi connectivity index (χ2v) is 6.71. The zero-order chi connectivity index (χ0) is 13.2. The zero-order valence-electron chi connectivity index (χ0n) is 11.8. The number of thioether (sulfide) groups is 1. The summed E-state index contributed by atoms with van der Waals surface area (Å²) in [6, 6.07) is 11.5. The highest BCUT2D eigenvalue weighted by Crippen LogP contribution is 2.34. The predicted octanol–water partition coefficient (Wildman–Crippen LogP) is 3.52. The summed E-state index contributed by atoms with van der Waals surface area (Å²) in [7, 11) is 0. The average Bonchev–Trinajstić information content (AvgIpc) is 3.00. The average molecular weight is 274 g/mol. The molecular formula is C16H22N2S. The molecule has 1 saturated heterocycles. The van der Waals surface area contributed by atoms with E-state index in [4.69, 9.17) is 0 Å². The maximum absolute atomic E-state index is 2.60. The molecule has 102 valence electrons. The third-order valence-corrected chi connectivity index (χ3v) is 5.43. The van der Waals surface area contributed by atoms with Crippen molar-refractivity contribution in [2.24, 2.45) is 0 Å². The van der Waals surface area contributed by atoms with Gasteiger partial charge in [-0.25, -0.2) is 0 Å². The lowest BCUT2D eigenvalue weighted by atomic mass is 10.2. The highest BCUT2D eigenvalue weighted by Gasteiger charge is 2.30. The van der Waals surface area contributed by atoms with Crippen molar-refractivity contribution in [1.29, 1.82) is 0 Å². The molecule has 1 aromatic carbocycles. The minimum Gasteiger partial charge on any atom is -0.360 e. The molecule has 1 unspecified atom stereocenters. The Morgan fingerprint density at radius 2 is 2.00 bits per heavy atom. The van der Waals surface area contributed by atoms with Crippen LogP contribution in [0.5, 0.6) is 0 Å². The molecule has 0 aromatic heterocycles. The van der Waals surface area contributed by atoms with Crippen molar-refractivity contribution >= 4 is 11.8 Å². The van der Waals surface area contributed by atoms with Crippen molar-refractivity contribution in [2.45, 2.75) is 32.9 Å². The molecule has 0 N–H and O–H groups in total. The Morgan fingerprint density at radius 3 is 2.68 bits per heavy atom. The molecule has 1 aromatic rings. The summed E-state index contributed by atoms with van der Waals surface area (Å²) in [5.41, 5.74) is 2.93. The molecule has 0 spiro atoms. The normalized spacial score (nSPS) is 24.5. The molecular weight excluding hydrogens is 252 g/mol. The Morgan fingerprint density at radius 1 is 1.21 bits per heavy atom. The third kappa shape index (κ3) is 2.82. The van der Waals surface area contributed by atoms with Crippen LogP contribution in [-0.4, -0.2) is 34.8 Å². The van der Waals surface area contributed by atoms with Gasteiger partial charge in [0.2, 0.25) is 0 Å². The van der Waals surface area contributed by atoms with E-state index >= 15 is 0 Å². The van der Waals surface area contributed by atoms with Gasteiger partial charge in [0.15, 0.2) is 0 Å². The molecule has 0 bridgehead atoms. The Hall–Kier alpha value is -0.930. The molecule has 0 radical (unpaired) electrons. The van der Waals surface area contributed by atoms with Gasteiger partial charge in [0.25, 0.3) is 0 Å². The minimum absolute atomic E-state index is 0.716. The lowest BCUT2D eigenvalue weighted by Gasteiger charge is -2.27. The summed E-state index contributed by atoms with van der Waals surface area (Å²) in [4.78, 5) is 6.69. The van der Waals surface area contributed by atoms with Crippen LogP contribution in [0.25, 0.3) is 0 Å². The van der Waals surface area contributed by atoms with Gasteiger partial charge in [-0.3, -0.25) is 4.90 Å². The number of likely N-dealkylation sites (tertiary alicyclic amines) is 1. The van der Waals surface area contributed by atoms with Gasteiger partial charge in [-0.05, 0) is 25.8 Å². The molecule has 2 aliphatic rings. The molecule has 1 atom stereocenters. The first-order valence-corrected chi connectivity index (χ1v) is 8.06. The molecule has 0 aliphatic carbocycles. The van der Waals surface area contributed by atoms with Crippen LogP contribution in [0.2, 0.25) is 0 Å². The standard InChI is InChI=1S/C16H22N2S/c1-13-14(2)19-12-18(13)16-8-9-17(11-16)10-15-6-4-3-5-7-15/h3-7,16H,8-12H2,1-2H3. The van der Waals surface area contributed by atoms with Gasteiger partial charge in [-0.2, -0.15) is 0 Å². The second kappa shape index (κ2) is 5.59. The number of hydrogen-bond acceptors (Lipinski definition) is 3. The zero-order valence-corrected chi connectivity index (χ0v) is 12.6. The van der Waals surface area contributed by atoms with Crippen molar-refractivity contribution < 1.29 is 0 Å². The van der Waals surface area contributed by atoms with Crippen molar-refractivity contribution in [3.8, 4) is 0 Å². The minimum atomic E-state index is 0.716. The van der Waals surface area contributed by atoms with Crippen LogP contribution in [0.4, 0.5) is 0 Å². The van der Waals surface area contributed by atoms with E-state index in [1.807, 2.05) is 11.8 Å². The molecule has 0 saturated carbocycles. The van der Waals surface area contributed by atoms with Crippen LogP contribution in [-0.2, 0) is 6.54 Å². The highest BCUT2D eigenvalue weighted by molar-refractivity contribution is 8.03. The lowest BCUT2D eigenvalue weighted by molar-refractivity contribution is 0.266. The fourth-order valence-electron chi connectivity index (χ4n) is 3.00. The first kappa shape index (κ1) is 13.1. The first-order valence-electron chi connectivity index (χ1n) is 7.07. The molecule has 3 rings (SSSR count). The Kier molecular flexibility index (Phi) is 3.85. The van der Waals surface area contributed by atoms with E-state index in [9.17, 15) is 0 Å². The summed E-state index contributed by atoms with van der Waals surface area (Å²) in [5.74, 6) is 1.15. The van der Waals surface area contributed by atoms with Crippen molar-refractivity contribution in [1.82, 2.24) is 9.80 Å². The maximum Gasteiger partial charge on any atom is 0.0684 e. The summed E-state index contributed by atoms with van der Waals surface area (Å²) < 4.78 is 0. The van der Waals surface area contributed by atoms with Crippen molar-refractivity contribution in [3.63, 3.8) is 0 Å². The SMILES string of the molecule is CC1=C(C)N(C2CCN(Cc3ccccc3)C2)CS1. The quantitative estimate of drug-likeness (QED) is 0.832. The molecule has 2 nitrogen and oxygen atoms in total. The van der Waals surface area contributed by atoms with Crippen LogP contribution >= 0.6 is 11.8 Å². The largest absolute Gasteiger partial charge is 0.360 e. The monoisotopic (exact) mass is 274 g/mol. The summed E-state index contributed by atoms with van der Waals surface area (Å²) in [6.45, 7) is 8.05. The molecule has 3 heteroatoms. The van der Waals surface area contributed by atoms with E-state index in [1.165, 1.54) is 35.7 Å². The van der Waals surface area contributed by atoms with Gasteiger partial charge >= 0.3 is 0 Å². The van der Waals surface area contributed by atoms with E-state index in [1.54, 1.807) is 0 Å². The number of benzene rings is 1. The second-order valence-electron chi connectivity index (χ2n) is 5.55. The topological polar surface area (TPSA) is 6.48 Å². The number of hydrogen-bond donors (Lipinski definition) is 0. The third-order valence-electron chi connectivity index (χ3n) is 4.30. The van der Waals surface area contributed by atoms with E-state index in [0.717, 1.165) is 12.4 Å². The van der Waals surface area contributed by atoms with E-state index < -0.39 is 0 Å². The number of allylic oxidation sites excluding steroid dienone is 2. The van der Waals surface area contributed by atoms with E-state index in [0.29, 0.717) is 6.04 Å². The lowest BCUT2D eigenvalue weighted by Crippen LogP contribution is -2.34. The number of nitrogens with zero attached hydrogens (tertiary/aromatic N) is 2. The van der Waals surface area contributed by atoms with Gasteiger partial charge in [-0.1, -0.05) is 30.3 Å². The summed E-state index contributed by atoms with van der Waals surface area (Å²) in [5, 5.41) is 0. The highest BCUT2D eigenvalue weighted by atomic mass is 32.2. The molecule has 0 amide bonds. The molecule has 19 heavy (non-hydrogen) atoms. The van der Waals surface area contributed by atoms with Crippen LogP contribution in [0.15, 0.2) is 40.9 Å². The van der Waals surface area contributed by atoms with Crippen LogP contribution in [0.1, 0.15) is 25.8 Å². The van der Waals surface area contributed by atoms with Crippen LogP contribution in [0, 0.1) is 0 Å². The van der Waals surface area contributed by atoms with Gasteiger partial charge in [0, 0.05) is 36.3 Å². The van der Waals surface area contributed by atoms with Crippen molar-refractivity contribution in [3.05, 3.63) is 46.5 Å². The smallest absolute Gasteiger partial charge is 0.0684 e. The Bertz CT molecular complexity index is 469. The first-order chi connectivity index (χ1) is 9.24. The predicted molar refractivity (Wildman–Crippen MR) is 82.8 cm³/mol. The van der Waals surface area contributed by atoms with Gasteiger partial charge in [0.1, 0.15) is 0 Å². The van der Waals surface area contributed by atoms with Crippen LogP contribution < -0.4 is 0 Å². The van der Waals surface area contributed by atoms with Crippen molar-refractivity contribution in [2.75, 3.05) is 19.0 Å². The van der Waals surface area contributed by atoms with Gasteiger partial charge in [-0.15, -0.1) is 11.8 Å². The molecule has 2 heterocycles. The fraction of sp³-hybridized carbons (Fsp3) is 0.500. The van der Waals surface area contributed by atoms with Gasteiger partial charge < -0.3 is 4.90 Å². The van der Waals surface area contributed by atoms with E-state index in [-0.39, 0.29) is 0 Å². The summed E-state index contributed by atoms with van der Waals surface area (Å²) >= 11 is 1.99. The van der Waals surface area contributed by atoms with E-state index in [2.05, 4.69) is 54.0 Å². The molecule has 2 aliphatic heterocycles. The maximum atomic E-state index is 2.60.